The fourth-order valence-corrected chi connectivity index (χ4v) is 3.44. The molecule has 3 heterocycles. The number of pyridine rings is 1. The third kappa shape index (κ3) is 6.29. The predicted molar refractivity (Wildman–Crippen MR) is 95.2 cm³/mol. The molecule has 0 aromatic carbocycles. The highest BCUT2D eigenvalue weighted by atomic mass is 19.4. The third-order valence-electron chi connectivity index (χ3n) is 4.85. The number of piperidine rings is 1. The van der Waals surface area contributed by atoms with Gasteiger partial charge >= 0.3 is 12.1 Å². The molecule has 2 aliphatic heterocycles. The van der Waals surface area contributed by atoms with Gasteiger partial charge in [-0.2, -0.15) is 13.2 Å². The summed E-state index contributed by atoms with van der Waals surface area (Å²) in [5, 5.41) is 9.81. The minimum absolute atomic E-state index is 0.00474. The Morgan fingerprint density at radius 1 is 1.45 bits per heavy atom. The van der Waals surface area contributed by atoms with E-state index in [1.54, 1.807) is 20.4 Å². The van der Waals surface area contributed by atoms with Gasteiger partial charge in [0, 0.05) is 31.9 Å². The highest BCUT2D eigenvalue weighted by Gasteiger charge is 2.41. The van der Waals surface area contributed by atoms with Crippen LogP contribution in [-0.2, 0) is 20.9 Å². The second-order valence-electron chi connectivity index (χ2n) is 6.77. The molecule has 2 N–H and O–H groups in total. The summed E-state index contributed by atoms with van der Waals surface area (Å²) in [6.07, 6.45) is -1.57. The Bertz CT molecular complexity index is 716. The predicted octanol–water partition coefficient (Wildman–Crippen LogP) is 1.45. The van der Waals surface area contributed by atoms with Gasteiger partial charge in [-0.1, -0.05) is 6.07 Å². The lowest BCUT2D eigenvalue weighted by molar-refractivity contribution is -0.192. The number of methoxy groups -OCH3 is 1. The van der Waals surface area contributed by atoms with Crippen LogP contribution in [0.2, 0.25) is 0 Å². The third-order valence-corrected chi connectivity index (χ3v) is 4.85. The van der Waals surface area contributed by atoms with Gasteiger partial charge in [0.25, 0.3) is 0 Å². The number of hydrogen-bond donors (Lipinski definition) is 2. The molecule has 1 aromatic rings. The molecule has 0 unspecified atom stereocenters. The van der Waals surface area contributed by atoms with Crippen molar-refractivity contribution in [3.8, 4) is 5.88 Å². The first kappa shape index (κ1) is 22.9. The van der Waals surface area contributed by atoms with Gasteiger partial charge in [-0.25, -0.2) is 9.78 Å². The van der Waals surface area contributed by atoms with Crippen molar-refractivity contribution in [1.82, 2.24) is 15.2 Å². The molecule has 0 aliphatic carbocycles. The number of carboxylic acids is 1. The topological polar surface area (TPSA) is 101 Å². The lowest BCUT2D eigenvalue weighted by Gasteiger charge is -2.34. The molecule has 11 heteroatoms. The van der Waals surface area contributed by atoms with E-state index in [1.807, 2.05) is 12.1 Å². The molecule has 3 rings (SSSR count). The lowest BCUT2D eigenvalue weighted by Crippen LogP contribution is -2.42. The molecule has 0 spiro atoms. The van der Waals surface area contributed by atoms with E-state index in [1.165, 1.54) is 0 Å². The molecule has 1 amide bonds. The first-order valence-electron chi connectivity index (χ1n) is 9.03. The molecule has 1 aromatic heterocycles. The molecule has 29 heavy (non-hydrogen) atoms. The number of hydrogen-bond acceptors (Lipinski definition) is 6. The van der Waals surface area contributed by atoms with Gasteiger partial charge in [0.15, 0.2) is 0 Å². The minimum atomic E-state index is -5.08. The normalized spacial score (nSPS) is 24.1. The maximum absolute atomic E-state index is 11.7. The number of likely N-dealkylation sites (N-methyl/N-ethyl adjacent to an activating group) is 1. The number of carbonyl (C=O) groups excluding carboxylic acids is 1. The van der Waals surface area contributed by atoms with Gasteiger partial charge in [-0.15, -0.1) is 0 Å². The van der Waals surface area contributed by atoms with E-state index in [2.05, 4.69) is 15.2 Å². The number of carboxylic acid groups (broad SMARTS) is 1. The van der Waals surface area contributed by atoms with Crippen LogP contribution in [0.5, 0.6) is 5.88 Å². The highest BCUT2D eigenvalue weighted by Crippen LogP contribution is 2.34. The van der Waals surface area contributed by atoms with E-state index in [9.17, 15) is 18.0 Å². The van der Waals surface area contributed by atoms with Crippen molar-refractivity contribution in [3.05, 3.63) is 23.9 Å². The fraction of sp³-hybridized carbons (Fsp3) is 0.611. The van der Waals surface area contributed by atoms with Crippen molar-refractivity contribution in [3.63, 3.8) is 0 Å². The van der Waals surface area contributed by atoms with Crippen molar-refractivity contribution in [2.24, 2.45) is 5.92 Å². The molecule has 0 bridgehead atoms. The SMILES string of the molecule is CNC(=O)[C@H]1C[C@@H]2CCN(Cc3cccnc3OC)C[C@@H]2O1.O=C(O)C(F)(F)F. The maximum atomic E-state index is 11.7. The number of nitrogens with zero attached hydrogens (tertiary/aromatic N) is 2. The zero-order chi connectivity index (χ0) is 21.6. The van der Waals surface area contributed by atoms with Crippen molar-refractivity contribution in [1.29, 1.82) is 0 Å². The standard InChI is InChI=1S/C16H23N3O3.C2HF3O2/c1-17-15(20)13-8-11-5-7-19(10-14(11)22-13)9-12-4-3-6-18-16(12)21-2;3-2(4,5)1(6)7/h3-4,6,11,13-14H,5,7-10H2,1-2H3,(H,17,20);(H,6,7)/t11-,13+,14-;/m0./s1. The van der Waals surface area contributed by atoms with Crippen LogP contribution < -0.4 is 10.1 Å². The van der Waals surface area contributed by atoms with Crippen LogP contribution in [0.3, 0.4) is 0 Å². The monoisotopic (exact) mass is 419 g/mol. The van der Waals surface area contributed by atoms with Crippen LogP contribution in [0.15, 0.2) is 18.3 Å². The molecule has 3 atom stereocenters. The summed E-state index contributed by atoms with van der Waals surface area (Å²) >= 11 is 0. The molecule has 0 saturated carbocycles. The number of alkyl halides is 3. The summed E-state index contributed by atoms with van der Waals surface area (Å²) in [4.78, 5) is 27.2. The average molecular weight is 419 g/mol. The minimum Gasteiger partial charge on any atom is -0.481 e. The van der Waals surface area contributed by atoms with E-state index in [-0.39, 0.29) is 18.1 Å². The Hall–Kier alpha value is -2.40. The fourth-order valence-electron chi connectivity index (χ4n) is 3.44. The Balaban J connectivity index is 0.000000370. The number of halogens is 3. The number of rotatable bonds is 4. The number of carbonyl (C=O) groups is 2. The smallest absolute Gasteiger partial charge is 0.481 e. The van der Waals surface area contributed by atoms with Crippen LogP contribution in [0.1, 0.15) is 18.4 Å². The van der Waals surface area contributed by atoms with E-state index in [0.717, 1.165) is 38.0 Å². The molecule has 2 aliphatic rings. The number of aliphatic carboxylic acids is 1. The first-order valence-corrected chi connectivity index (χ1v) is 9.03. The Morgan fingerprint density at radius 2 is 2.14 bits per heavy atom. The number of nitrogens with one attached hydrogen (secondary N) is 1. The first-order chi connectivity index (χ1) is 13.7. The van der Waals surface area contributed by atoms with Gasteiger partial charge in [-0.05, 0) is 31.4 Å². The second-order valence-corrected chi connectivity index (χ2v) is 6.77. The van der Waals surface area contributed by atoms with Crippen molar-refractivity contribution in [2.75, 3.05) is 27.2 Å². The molecular weight excluding hydrogens is 395 g/mol. The summed E-state index contributed by atoms with van der Waals surface area (Å²) in [6.45, 7) is 2.67. The molecule has 8 nitrogen and oxygen atoms in total. The van der Waals surface area contributed by atoms with Gasteiger partial charge in [0.05, 0.1) is 13.2 Å². The highest BCUT2D eigenvalue weighted by molar-refractivity contribution is 5.80. The zero-order valence-corrected chi connectivity index (χ0v) is 16.1. The molecule has 2 fully saturated rings. The van der Waals surface area contributed by atoms with Crippen molar-refractivity contribution < 1.29 is 37.3 Å². The van der Waals surface area contributed by atoms with Gasteiger partial charge in [0.2, 0.25) is 11.8 Å². The lowest BCUT2D eigenvalue weighted by atomic mass is 9.91. The van der Waals surface area contributed by atoms with E-state index >= 15 is 0 Å². The molecule has 0 radical (unpaired) electrons. The number of fused-ring (bicyclic) bond motifs is 1. The Kier molecular flexibility index (Phi) is 7.80. The second kappa shape index (κ2) is 9.88. The quantitative estimate of drug-likeness (QED) is 0.762. The van der Waals surface area contributed by atoms with E-state index in [4.69, 9.17) is 19.4 Å². The summed E-state index contributed by atoms with van der Waals surface area (Å²) in [5.74, 6) is -1.59. The number of likely N-dealkylation sites (tertiary alicyclic amines) is 1. The Labute approximate surface area is 166 Å². The van der Waals surface area contributed by atoms with Crippen LogP contribution in [0.25, 0.3) is 0 Å². The van der Waals surface area contributed by atoms with Crippen LogP contribution >= 0.6 is 0 Å². The van der Waals surface area contributed by atoms with Crippen molar-refractivity contribution >= 4 is 11.9 Å². The van der Waals surface area contributed by atoms with Crippen LogP contribution in [0.4, 0.5) is 13.2 Å². The molecule has 162 valence electrons. The van der Waals surface area contributed by atoms with E-state index in [0.29, 0.717) is 11.8 Å². The number of ether oxygens (including phenoxy) is 2. The number of amides is 1. The molecular formula is C18H24F3N3O5. The van der Waals surface area contributed by atoms with Gasteiger partial charge < -0.3 is 19.9 Å². The molecule has 2 saturated heterocycles. The van der Waals surface area contributed by atoms with Crippen molar-refractivity contribution in [2.45, 2.75) is 37.8 Å². The average Bonchev–Trinajstić information content (AvgIpc) is 3.11. The van der Waals surface area contributed by atoms with Gasteiger partial charge in [0.1, 0.15) is 6.10 Å². The largest absolute Gasteiger partial charge is 0.490 e. The summed E-state index contributed by atoms with van der Waals surface area (Å²) in [6, 6.07) is 3.97. The zero-order valence-electron chi connectivity index (χ0n) is 16.1. The summed E-state index contributed by atoms with van der Waals surface area (Å²) in [5.41, 5.74) is 1.09. The summed E-state index contributed by atoms with van der Waals surface area (Å²) in [7, 11) is 3.31. The van der Waals surface area contributed by atoms with Gasteiger partial charge in [-0.3, -0.25) is 9.69 Å². The Morgan fingerprint density at radius 3 is 2.72 bits per heavy atom. The van der Waals surface area contributed by atoms with Crippen LogP contribution in [-0.4, -0.2) is 72.5 Å². The van der Waals surface area contributed by atoms with Crippen LogP contribution in [0, 0.1) is 5.92 Å². The summed E-state index contributed by atoms with van der Waals surface area (Å²) < 4.78 is 43.0. The number of aromatic nitrogens is 1. The maximum Gasteiger partial charge on any atom is 0.490 e. The van der Waals surface area contributed by atoms with E-state index < -0.39 is 12.1 Å².